The molecule has 26 heavy (non-hydrogen) atoms. The molecule has 3 aromatic rings. The van der Waals surface area contributed by atoms with Gasteiger partial charge in [-0.2, -0.15) is 0 Å². The maximum Gasteiger partial charge on any atom is 0.255 e. The highest BCUT2D eigenvalue weighted by Crippen LogP contribution is 2.23. The van der Waals surface area contributed by atoms with Crippen molar-refractivity contribution in [1.82, 2.24) is 0 Å². The van der Waals surface area contributed by atoms with E-state index in [2.05, 4.69) is 5.32 Å². The molecule has 3 nitrogen and oxygen atoms in total. The van der Waals surface area contributed by atoms with E-state index in [1.54, 1.807) is 0 Å². The van der Waals surface area contributed by atoms with E-state index in [1.165, 1.54) is 48.5 Å². The number of halogens is 4. The number of hydrogen-bond acceptors (Lipinski definition) is 2. The Hall–Kier alpha value is -3.35. The van der Waals surface area contributed by atoms with Gasteiger partial charge in [0.25, 0.3) is 5.91 Å². The van der Waals surface area contributed by atoms with E-state index in [1.807, 2.05) is 0 Å². The maximum atomic E-state index is 13.6. The summed E-state index contributed by atoms with van der Waals surface area (Å²) in [6.07, 6.45) is 0. The molecule has 3 aromatic carbocycles. The Labute approximate surface area is 145 Å². The number of amides is 1. The summed E-state index contributed by atoms with van der Waals surface area (Å²) >= 11 is 0. The van der Waals surface area contributed by atoms with Crippen molar-refractivity contribution in [2.45, 2.75) is 0 Å². The average molecular weight is 361 g/mol. The number of carbonyl (C=O) groups excluding carboxylic acids is 1. The lowest BCUT2D eigenvalue weighted by Gasteiger charge is -2.09. The number of anilines is 1. The topological polar surface area (TPSA) is 38.3 Å². The molecule has 0 aliphatic carbocycles. The largest absolute Gasteiger partial charge is 0.457 e. The first kappa shape index (κ1) is 17.5. The minimum absolute atomic E-state index is 0.153. The van der Waals surface area contributed by atoms with E-state index in [0.717, 1.165) is 6.07 Å². The summed E-state index contributed by atoms with van der Waals surface area (Å²) < 4.78 is 58.0. The molecule has 0 atom stereocenters. The van der Waals surface area contributed by atoms with Gasteiger partial charge in [-0.3, -0.25) is 4.79 Å². The number of rotatable bonds is 4. The van der Waals surface area contributed by atoms with Crippen LogP contribution in [0.3, 0.4) is 0 Å². The second kappa shape index (κ2) is 7.26. The van der Waals surface area contributed by atoms with Crippen molar-refractivity contribution in [3.8, 4) is 11.5 Å². The molecule has 0 aliphatic heterocycles. The van der Waals surface area contributed by atoms with Crippen molar-refractivity contribution in [2.24, 2.45) is 0 Å². The summed E-state index contributed by atoms with van der Waals surface area (Å²) in [7, 11) is 0. The van der Waals surface area contributed by atoms with Crippen molar-refractivity contribution >= 4 is 11.6 Å². The van der Waals surface area contributed by atoms with Gasteiger partial charge in [0.15, 0.2) is 17.5 Å². The molecule has 132 valence electrons. The predicted molar refractivity (Wildman–Crippen MR) is 87.2 cm³/mol. The van der Waals surface area contributed by atoms with E-state index in [-0.39, 0.29) is 5.56 Å². The SMILES string of the molecule is O=C(Nc1ccc(F)c(F)c1F)c1ccc(Oc2ccc(F)cc2)cc1. The first-order valence-electron chi connectivity index (χ1n) is 7.42. The third kappa shape index (κ3) is 3.83. The van der Waals surface area contributed by atoms with Crippen LogP contribution in [0.4, 0.5) is 23.2 Å². The normalized spacial score (nSPS) is 10.5. The summed E-state index contributed by atoms with van der Waals surface area (Å²) in [6.45, 7) is 0. The van der Waals surface area contributed by atoms with Crippen molar-refractivity contribution < 1.29 is 27.1 Å². The second-order valence-electron chi connectivity index (χ2n) is 5.26. The first-order valence-corrected chi connectivity index (χ1v) is 7.42. The number of benzene rings is 3. The molecular weight excluding hydrogens is 350 g/mol. The Morgan fingerprint density at radius 2 is 1.31 bits per heavy atom. The van der Waals surface area contributed by atoms with Crippen LogP contribution in [0.15, 0.2) is 60.7 Å². The molecule has 7 heteroatoms. The fraction of sp³-hybridized carbons (Fsp3) is 0. The third-order valence-electron chi connectivity index (χ3n) is 3.45. The Bertz CT molecular complexity index is 941. The van der Waals surface area contributed by atoms with Crippen LogP contribution in [0.5, 0.6) is 11.5 Å². The van der Waals surface area contributed by atoms with E-state index in [9.17, 15) is 22.4 Å². The van der Waals surface area contributed by atoms with Crippen molar-refractivity contribution in [3.05, 3.63) is 89.5 Å². The Kier molecular flexibility index (Phi) is 4.88. The molecule has 3 rings (SSSR count). The highest BCUT2D eigenvalue weighted by atomic mass is 19.2. The van der Waals surface area contributed by atoms with Crippen molar-refractivity contribution in [2.75, 3.05) is 5.32 Å². The minimum Gasteiger partial charge on any atom is -0.457 e. The van der Waals surface area contributed by atoms with Crippen molar-refractivity contribution in [1.29, 1.82) is 0 Å². The van der Waals surface area contributed by atoms with E-state index >= 15 is 0 Å². The highest BCUT2D eigenvalue weighted by Gasteiger charge is 2.16. The summed E-state index contributed by atoms with van der Waals surface area (Å²) in [6, 6.07) is 12.8. The average Bonchev–Trinajstić information content (AvgIpc) is 2.64. The Morgan fingerprint density at radius 3 is 1.92 bits per heavy atom. The van der Waals surface area contributed by atoms with Crippen molar-refractivity contribution in [3.63, 3.8) is 0 Å². The van der Waals surface area contributed by atoms with Crippen LogP contribution < -0.4 is 10.1 Å². The van der Waals surface area contributed by atoms with Crippen LogP contribution in [-0.4, -0.2) is 5.91 Å². The number of carbonyl (C=O) groups is 1. The van der Waals surface area contributed by atoms with Crippen LogP contribution in [0, 0.1) is 23.3 Å². The van der Waals surface area contributed by atoms with Gasteiger partial charge in [-0.25, -0.2) is 17.6 Å². The lowest BCUT2D eigenvalue weighted by Crippen LogP contribution is -2.13. The van der Waals surface area contributed by atoms with Crippen LogP contribution in [-0.2, 0) is 0 Å². The summed E-state index contributed by atoms with van der Waals surface area (Å²) in [5.41, 5.74) is -0.318. The van der Waals surface area contributed by atoms with Gasteiger partial charge in [0.1, 0.15) is 17.3 Å². The zero-order valence-corrected chi connectivity index (χ0v) is 13.1. The molecule has 0 radical (unpaired) electrons. The maximum absolute atomic E-state index is 13.6. The molecule has 0 aromatic heterocycles. The van der Waals surface area contributed by atoms with Gasteiger partial charge in [0, 0.05) is 5.56 Å². The summed E-state index contributed by atoms with van der Waals surface area (Å²) in [5.74, 6) is -4.78. The fourth-order valence-electron chi connectivity index (χ4n) is 2.13. The van der Waals surface area contributed by atoms with E-state index in [4.69, 9.17) is 4.74 Å². The molecule has 1 N–H and O–H groups in total. The minimum atomic E-state index is -1.66. The smallest absolute Gasteiger partial charge is 0.255 e. The van der Waals surface area contributed by atoms with Gasteiger partial charge >= 0.3 is 0 Å². The number of nitrogens with one attached hydrogen (secondary N) is 1. The molecule has 0 aliphatic rings. The summed E-state index contributed by atoms with van der Waals surface area (Å²) in [4.78, 5) is 12.1. The quantitative estimate of drug-likeness (QED) is 0.507. The molecular formula is C19H11F4NO2. The second-order valence-corrected chi connectivity index (χ2v) is 5.26. The summed E-state index contributed by atoms with van der Waals surface area (Å²) in [5, 5.41) is 2.17. The molecule has 0 fully saturated rings. The van der Waals surface area contributed by atoms with Crippen LogP contribution in [0.1, 0.15) is 10.4 Å². The molecule has 0 saturated heterocycles. The molecule has 0 heterocycles. The standard InChI is InChI=1S/C19H11F4NO2/c20-12-3-7-14(8-4-12)26-13-5-1-11(2-6-13)19(25)24-16-10-9-15(21)17(22)18(16)23/h1-10H,(H,24,25). The van der Waals surface area contributed by atoms with E-state index in [0.29, 0.717) is 17.6 Å². The molecule has 0 unspecified atom stereocenters. The zero-order valence-electron chi connectivity index (χ0n) is 13.1. The van der Waals surface area contributed by atoms with Crippen LogP contribution in [0.25, 0.3) is 0 Å². The van der Waals surface area contributed by atoms with Gasteiger partial charge < -0.3 is 10.1 Å². The molecule has 0 saturated carbocycles. The lowest BCUT2D eigenvalue weighted by atomic mass is 10.2. The first-order chi connectivity index (χ1) is 12.4. The lowest BCUT2D eigenvalue weighted by molar-refractivity contribution is 0.102. The molecule has 0 bridgehead atoms. The molecule has 0 spiro atoms. The third-order valence-corrected chi connectivity index (χ3v) is 3.45. The van der Waals surface area contributed by atoms with Gasteiger partial charge in [-0.1, -0.05) is 0 Å². The zero-order chi connectivity index (χ0) is 18.7. The van der Waals surface area contributed by atoms with Gasteiger partial charge in [0.05, 0.1) is 5.69 Å². The molecule has 1 amide bonds. The fourth-order valence-corrected chi connectivity index (χ4v) is 2.13. The Morgan fingerprint density at radius 1 is 0.731 bits per heavy atom. The number of hydrogen-bond donors (Lipinski definition) is 1. The van der Waals surface area contributed by atoms with Crippen LogP contribution >= 0.6 is 0 Å². The van der Waals surface area contributed by atoms with Gasteiger partial charge in [-0.05, 0) is 60.7 Å². The predicted octanol–water partition coefficient (Wildman–Crippen LogP) is 5.29. The van der Waals surface area contributed by atoms with Crippen LogP contribution in [0.2, 0.25) is 0 Å². The number of ether oxygens (including phenoxy) is 1. The van der Waals surface area contributed by atoms with E-state index < -0.39 is 34.9 Å². The monoisotopic (exact) mass is 361 g/mol. The van der Waals surface area contributed by atoms with Gasteiger partial charge in [-0.15, -0.1) is 0 Å². The highest BCUT2D eigenvalue weighted by molar-refractivity contribution is 6.04. The van der Waals surface area contributed by atoms with Gasteiger partial charge in [0.2, 0.25) is 0 Å². The Balaban J connectivity index is 1.71.